The second-order valence-electron chi connectivity index (χ2n) is 3.72. The summed E-state index contributed by atoms with van der Waals surface area (Å²) < 4.78 is 0.897. The Balaban J connectivity index is 2.18. The van der Waals surface area contributed by atoms with Crippen molar-refractivity contribution in [3.8, 4) is 0 Å². The number of halogens is 1. The molecule has 2 aliphatic heterocycles. The molecule has 0 fully saturated rings. The van der Waals surface area contributed by atoms with Crippen molar-refractivity contribution in [2.75, 3.05) is 13.1 Å². The minimum Gasteiger partial charge on any atom is -0.311 e. The van der Waals surface area contributed by atoms with Crippen LogP contribution in [-0.4, -0.2) is 28.1 Å². The maximum absolute atomic E-state index is 6.03. The van der Waals surface area contributed by atoms with Gasteiger partial charge in [0.15, 0.2) is 0 Å². The molecule has 5 heteroatoms. The van der Waals surface area contributed by atoms with Crippen LogP contribution in [0, 0.1) is 0 Å². The molecule has 82 valence electrons. The molecule has 0 N–H and O–H groups in total. The number of rotatable bonds is 0. The predicted molar refractivity (Wildman–Crippen MR) is 72.6 cm³/mol. The third kappa shape index (κ3) is 1.65. The van der Waals surface area contributed by atoms with Gasteiger partial charge in [-0.05, 0) is 24.6 Å². The van der Waals surface area contributed by atoms with Crippen molar-refractivity contribution in [1.82, 2.24) is 4.90 Å². The average Bonchev–Trinajstić information content (AvgIpc) is 2.31. The number of nitrogens with zero attached hydrogens (tertiary/aromatic N) is 2. The SMILES string of the molecule is S=C1Sc2ccc(Cl)cc2C2=NCCCN12. The monoisotopic (exact) mass is 268 g/mol. The molecule has 0 radical (unpaired) electrons. The normalized spacial score (nSPS) is 18.9. The first-order valence-electron chi connectivity index (χ1n) is 5.09. The number of fused-ring (bicyclic) bond motifs is 3. The van der Waals surface area contributed by atoms with Gasteiger partial charge in [-0.25, -0.2) is 0 Å². The van der Waals surface area contributed by atoms with Crippen molar-refractivity contribution in [3.63, 3.8) is 0 Å². The minimum absolute atomic E-state index is 0.750. The van der Waals surface area contributed by atoms with Gasteiger partial charge in [0.05, 0.1) is 0 Å². The van der Waals surface area contributed by atoms with E-state index in [1.807, 2.05) is 18.2 Å². The Bertz CT molecular complexity index is 499. The lowest BCUT2D eigenvalue weighted by molar-refractivity contribution is 0.561. The molecule has 0 aromatic heterocycles. The highest BCUT2D eigenvalue weighted by Gasteiger charge is 2.28. The van der Waals surface area contributed by atoms with E-state index in [-0.39, 0.29) is 0 Å². The number of benzene rings is 1. The molecule has 3 rings (SSSR count). The maximum Gasteiger partial charge on any atom is 0.146 e. The van der Waals surface area contributed by atoms with Crippen LogP contribution in [0.1, 0.15) is 12.0 Å². The van der Waals surface area contributed by atoms with Crippen molar-refractivity contribution < 1.29 is 0 Å². The van der Waals surface area contributed by atoms with Gasteiger partial charge in [-0.3, -0.25) is 4.99 Å². The molecular formula is C11H9ClN2S2. The highest BCUT2D eigenvalue weighted by atomic mass is 35.5. The van der Waals surface area contributed by atoms with Crippen molar-refractivity contribution >= 4 is 45.7 Å². The van der Waals surface area contributed by atoms with Crippen molar-refractivity contribution in [2.24, 2.45) is 4.99 Å². The zero-order valence-electron chi connectivity index (χ0n) is 8.44. The van der Waals surface area contributed by atoms with Gasteiger partial charge < -0.3 is 4.90 Å². The molecule has 1 aromatic carbocycles. The first-order valence-corrected chi connectivity index (χ1v) is 6.70. The molecular weight excluding hydrogens is 260 g/mol. The van der Waals surface area contributed by atoms with Crippen LogP contribution in [0.25, 0.3) is 0 Å². The summed E-state index contributed by atoms with van der Waals surface area (Å²) in [6, 6.07) is 5.89. The number of hydrogen-bond acceptors (Lipinski definition) is 3. The lowest BCUT2D eigenvalue weighted by Gasteiger charge is -2.34. The molecule has 0 atom stereocenters. The third-order valence-corrected chi connectivity index (χ3v) is 4.33. The molecule has 16 heavy (non-hydrogen) atoms. The van der Waals surface area contributed by atoms with Gasteiger partial charge in [0.25, 0.3) is 0 Å². The lowest BCUT2D eigenvalue weighted by Crippen LogP contribution is -2.41. The van der Waals surface area contributed by atoms with E-state index in [1.165, 1.54) is 0 Å². The van der Waals surface area contributed by atoms with Crippen molar-refractivity contribution in [3.05, 3.63) is 28.8 Å². The highest BCUT2D eigenvalue weighted by molar-refractivity contribution is 8.23. The second kappa shape index (κ2) is 4.02. The number of aliphatic imine (C=N–C) groups is 1. The standard InChI is InChI=1S/C11H9ClN2S2/c12-7-2-3-9-8(6-7)10-13-4-1-5-14(10)11(15)16-9/h2-3,6H,1,4-5H2. The lowest BCUT2D eigenvalue weighted by atomic mass is 10.1. The molecule has 2 aliphatic rings. The van der Waals surface area contributed by atoms with E-state index in [4.69, 9.17) is 23.8 Å². The van der Waals surface area contributed by atoms with Crippen LogP contribution in [0.4, 0.5) is 0 Å². The summed E-state index contributed by atoms with van der Waals surface area (Å²) in [7, 11) is 0. The zero-order chi connectivity index (χ0) is 11.1. The molecule has 0 bridgehead atoms. The Hall–Kier alpha value is -0.580. The Morgan fingerprint density at radius 1 is 1.44 bits per heavy atom. The van der Waals surface area contributed by atoms with Crippen LogP contribution < -0.4 is 0 Å². The predicted octanol–water partition coefficient (Wildman–Crippen LogP) is 3.18. The van der Waals surface area contributed by atoms with Gasteiger partial charge in [0, 0.05) is 28.6 Å². The molecule has 2 nitrogen and oxygen atoms in total. The summed E-state index contributed by atoms with van der Waals surface area (Å²) in [5.41, 5.74) is 1.12. The Morgan fingerprint density at radius 2 is 2.31 bits per heavy atom. The summed E-state index contributed by atoms with van der Waals surface area (Å²) >= 11 is 13.0. The van der Waals surface area contributed by atoms with Crippen LogP contribution in [0.5, 0.6) is 0 Å². The topological polar surface area (TPSA) is 15.6 Å². The van der Waals surface area contributed by atoms with Gasteiger partial charge in [0.2, 0.25) is 0 Å². The Kier molecular flexibility index (Phi) is 2.65. The summed E-state index contributed by atoms with van der Waals surface area (Å²) in [6.07, 6.45) is 1.07. The molecule has 0 amide bonds. The fourth-order valence-electron chi connectivity index (χ4n) is 1.93. The summed E-state index contributed by atoms with van der Waals surface area (Å²) in [5, 5.41) is 0.750. The molecule has 0 saturated heterocycles. The van der Waals surface area contributed by atoms with Gasteiger partial charge >= 0.3 is 0 Å². The van der Waals surface area contributed by atoms with Crippen LogP contribution in [-0.2, 0) is 0 Å². The van der Waals surface area contributed by atoms with Gasteiger partial charge in [-0.1, -0.05) is 35.6 Å². The largest absolute Gasteiger partial charge is 0.311 e. The highest BCUT2D eigenvalue weighted by Crippen LogP contribution is 2.35. The smallest absolute Gasteiger partial charge is 0.146 e. The van der Waals surface area contributed by atoms with E-state index in [1.54, 1.807) is 11.8 Å². The van der Waals surface area contributed by atoms with E-state index in [0.29, 0.717) is 0 Å². The first kappa shape index (κ1) is 10.6. The van der Waals surface area contributed by atoms with Crippen LogP contribution in [0.3, 0.4) is 0 Å². The second-order valence-corrected chi connectivity index (χ2v) is 5.83. The maximum atomic E-state index is 6.03. The van der Waals surface area contributed by atoms with Crippen molar-refractivity contribution in [1.29, 1.82) is 0 Å². The fraction of sp³-hybridized carbons (Fsp3) is 0.273. The van der Waals surface area contributed by atoms with Crippen LogP contribution in [0.2, 0.25) is 5.02 Å². The van der Waals surface area contributed by atoms with Gasteiger partial charge in [-0.2, -0.15) is 0 Å². The van der Waals surface area contributed by atoms with Gasteiger partial charge in [0.1, 0.15) is 10.2 Å². The number of thioether (sulfide) groups is 1. The molecule has 0 spiro atoms. The quantitative estimate of drug-likeness (QED) is 0.672. The van der Waals surface area contributed by atoms with E-state index in [9.17, 15) is 0 Å². The Labute approximate surface area is 109 Å². The van der Waals surface area contributed by atoms with E-state index < -0.39 is 0 Å². The molecule has 0 unspecified atom stereocenters. The van der Waals surface area contributed by atoms with Crippen LogP contribution in [0.15, 0.2) is 28.1 Å². The zero-order valence-corrected chi connectivity index (χ0v) is 10.8. The van der Waals surface area contributed by atoms with Crippen LogP contribution >= 0.6 is 35.6 Å². The number of amidine groups is 1. The van der Waals surface area contributed by atoms with Crippen molar-refractivity contribution in [2.45, 2.75) is 11.3 Å². The molecule has 0 aliphatic carbocycles. The summed E-state index contributed by atoms with van der Waals surface area (Å²) in [5.74, 6) is 0.993. The third-order valence-electron chi connectivity index (χ3n) is 2.66. The molecule has 2 heterocycles. The molecule has 0 saturated carbocycles. The van der Waals surface area contributed by atoms with E-state index in [2.05, 4.69) is 9.89 Å². The Morgan fingerprint density at radius 3 is 3.19 bits per heavy atom. The summed E-state index contributed by atoms with van der Waals surface area (Å²) in [6.45, 7) is 1.85. The number of hydrogen-bond donors (Lipinski definition) is 0. The minimum atomic E-state index is 0.750. The van der Waals surface area contributed by atoms with E-state index >= 15 is 0 Å². The first-order chi connectivity index (χ1) is 7.75. The molecule has 1 aromatic rings. The van der Waals surface area contributed by atoms with E-state index in [0.717, 1.165) is 45.1 Å². The summed E-state index contributed by atoms with van der Waals surface area (Å²) in [4.78, 5) is 7.84. The average molecular weight is 269 g/mol. The number of thiocarbonyl (C=S) groups is 1. The fourth-order valence-corrected chi connectivity index (χ4v) is 3.42. The van der Waals surface area contributed by atoms with Gasteiger partial charge in [-0.15, -0.1) is 0 Å².